The van der Waals surface area contributed by atoms with E-state index in [4.69, 9.17) is 0 Å². The topological polar surface area (TPSA) is 44.4 Å². The first-order valence-corrected chi connectivity index (χ1v) is 9.21. The van der Waals surface area contributed by atoms with E-state index in [2.05, 4.69) is 21.8 Å². The maximum Gasteiger partial charge on any atom is 0.234 e. The van der Waals surface area contributed by atoms with Crippen LogP contribution in [0.4, 0.5) is 0 Å². The average Bonchev–Trinajstić information content (AvgIpc) is 2.75. The van der Waals surface area contributed by atoms with Crippen molar-refractivity contribution in [3.63, 3.8) is 0 Å². The predicted molar refractivity (Wildman–Crippen MR) is 86.3 cm³/mol. The van der Waals surface area contributed by atoms with Crippen molar-refractivity contribution in [3.05, 3.63) is 0 Å². The molecule has 1 aliphatic heterocycles. The van der Waals surface area contributed by atoms with Crippen molar-refractivity contribution >= 4 is 17.7 Å². The molecule has 0 aromatic heterocycles. The highest BCUT2D eigenvalue weighted by Gasteiger charge is 2.31. The van der Waals surface area contributed by atoms with Crippen LogP contribution in [-0.4, -0.2) is 61.1 Å². The molecule has 1 saturated heterocycles. The van der Waals surface area contributed by atoms with E-state index in [0.29, 0.717) is 11.3 Å². The van der Waals surface area contributed by atoms with Crippen molar-refractivity contribution in [2.45, 2.75) is 43.3 Å². The molecule has 1 amide bonds. The van der Waals surface area contributed by atoms with Gasteiger partial charge < -0.3 is 10.6 Å². The van der Waals surface area contributed by atoms with Crippen molar-refractivity contribution in [1.29, 1.82) is 0 Å². The zero-order chi connectivity index (χ0) is 14.3. The summed E-state index contributed by atoms with van der Waals surface area (Å²) in [6, 6.07) is 0. The normalized spacial score (nSPS) is 24.1. The molecular formula is C15H29N3OS. The summed E-state index contributed by atoms with van der Waals surface area (Å²) in [5, 5.41) is 6.56. The quantitative estimate of drug-likeness (QED) is 0.807. The number of carbonyl (C=O) groups is 1. The molecule has 0 atom stereocenters. The molecule has 0 spiro atoms. The van der Waals surface area contributed by atoms with Crippen LogP contribution in [0.3, 0.4) is 0 Å². The zero-order valence-corrected chi connectivity index (χ0v) is 13.6. The van der Waals surface area contributed by atoms with E-state index in [1.807, 2.05) is 11.8 Å². The van der Waals surface area contributed by atoms with E-state index in [-0.39, 0.29) is 5.91 Å². The van der Waals surface area contributed by atoms with E-state index in [9.17, 15) is 4.79 Å². The van der Waals surface area contributed by atoms with Crippen LogP contribution in [-0.2, 0) is 4.79 Å². The minimum absolute atomic E-state index is 0.200. The summed E-state index contributed by atoms with van der Waals surface area (Å²) in [5.74, 6) is 0.200. The molecule has 0 bridgehead atoms. The fraction of sp³-hybridized carbons (Fsp3) is 0.933. The molecule has 1 saturated carbocycles. The first-order valence-electron chi connectivity index (χ1n) is 7.99. The number of nitrogens with one attached hydrogen (secondary N) is 2. The Morgan fingerprint density at radius 3 is 2.75 bits per heavy atom. The molecule has 2 fully saturated rings. The second-order valence-electron chi connectivity index (χ2n) is 6.10. The lowest BCUT2D eigenvalue weighted by Crippen LogP contribution is -2.45. The highest BCUT2D eigenvalue weighted by molar-refractivity contribution is 8.00. The number of nitrogens with zero attached hydrogens (tertiary/aromatic N) is 1. The summed E-state index contributed by atoms with van der Waals surface area (Å²) in [4.78, 5) is 14.4. The Morgan fingerprint density at radius 1 is 1.20 bits per heavy atom. The van der Waals surface area contributed by atoms with E-state index in [1.54, 1.807) is 0 Å². The van der Waals surface area contributed by atoms with Gasteiger partial charge in [-0.15, -0.1) is 0 Å². The fourth-order valence-electron chi connectivity index (χ4n) is 3.23. The smallest absolute Gasteiger partial charge is 0.234 e. The van der Waals surface area contributed by atoms with E-state index in [1.165, 1.54) is 32.1 Å². The summed E-state index contributed by atoms with van der Waals surface area (Å²) in [7, 11) is 0. The third-order valence-corrected chi connectivity index (χ3v) is 6.02. The van der Waals surface area contributed by atoms with Crippen molar-refractivity contribution in [1.82, 2.24) is 15.5 Å². The van der Waals surface area contributed by atoms with Gasteiger partial charge in [0.1, 0.15) is 0 Å². The van der Waals surface area contributed by atoms with Gasteiger partial charge in [-0.05, 0) is 38.6 Å². The first kappa shape index (κ1) is 16.1. The van der Waals surface area contributed by atoms with Gasteiger partial charge in [0.15, 0.2) is 0 Å². The van der Waals surface area contributed by atoms with Crippen molar-refractivity contribution < 1.29 is 4.79 Å². The van der Waals surface area contributed by atoms with Crippen LogP contribution in [0.2, 0.25) is 0 Å². The molecule has 2 aliphatic rings. The minimum Gasteiger partial charge on any atom is -0.354 e. The molecular weight excluding hydrogens is 270 g/mol. The van der Waals surface area contributed by atoms with Gasteiger partial charge in [0.25, 0.3) is 0 Å². The van der Waals surface area contributed by atoms with Crippen LogP contribution in [0.15, 0.2) is 0 Å². The number of hydrogen-bond donors (Lipinski definition) is 2. The van der Waals surface area contributed by atoms with Crippen LogP contribution < -0.4 is 10.6 Å². The number of thioether (sulfide) groups is 1. The van der Waals surface area contributed by atoms with Crippen LogP contribution in [0.25, 0.3) is 0 Å². The summed E-state index contributed by atoms with van der Waals surface area (Å²) in [6.45, 7) is 5.51. The van der Waals surface area contributed by atoms with E-state index >= 15 is 0 Å². The van der Waals surface area contributed by atoms with Gasteiger partial charge in [0, 0.05) is 24.4 Å². The monoisotopic (exact) mass is 299 g/mol. The lowest BCUT2D eigenvalue weighted by molar-refractivity contribution is -0.122. The predicted octanol–water partition coefficient (Wildman–Crippen LogP) is 1.46. The molecule has 1 aliphatic carbocycles. The Kier molecular flexibility index (Phi) is 6.65. The lowest BCUT2D eigenvalue weighted by atomic mass is 9.88. The molecule has 2 rings (SSSR count). The van der Waals surface area contributed by atoms with Crippen LogP contribution in [0.1, 0.15) is 38.5 Å². The molecule has 1 heterocycles. The molecule has 0 unspecified atom stereocenters. The van der Waals surface area contributed by atoms with Crippen LogP contribution in [0, 0.1) is 0 Å². The summed E-state index contributed by atoms with van der Waals surface area (Å²) in [6.07, 6.45) is 9.82. The summed E-state index contributed by atoms with van der Waals surface area (Å²) >= 11 is 1.95. The van der Waals surface area contributed by atoms with E-state index in [0.717, 1.165) is 39.1 Å². The van der Waals surface area contributed by atoms with Gasteiger partial charge >= 0.3 is 0 Å². The Morgan fingerprint density at radius 2 is 2.00 bits per heavy atom. The Balaban J connectivity index is 1.73. The van der Waals surface area contributed by atoms with Crippen LogP contribution >= 0.6 is 11.8 Å². The lowest BCUT2D eigenvalue weighted by Gasteiger charge is -2.36. The molecule has 0 radical (unpaired) electrons. The number of hydrogen-bond acceptors (Lipinski definition) is 4. The first-order chi connectivity index (χ1) is 9.74. The third-order valence-electron chi connectivity index (χ3n) is 4.61. The largest absolute Gasteiger partial charge is 0.354 e. The Labute approximate surface area is 127 Å². The highest BCUT2D eigenvalue weighted by atomic mass is 32.2. The second-order valence-corrected chi connectivity index (χ2v) is 7.38. The van der Waals surface area contributed by atoms with Gasteiger partial charge in [-0.1, -0.05) is 19.3 Å². The fourth-order valence-corrected chi connectivity index (χ4v) is 4.14. The molecule has 116 valence electrons. The van der Waals surface area contributed by atoms with Gasteiger partial charge in [0.05, 0.1) is 6.54 Å². The summed E-state index contributed by atoms with van der Waals surface area (Å²) in [5.41, 5.74) is 0. The number of rotatable bonds is 5. The van der Waals surface area contributed by atoms with Crippen LogP contribution in [0.5, 0.6) is 0 Å². The minimum atomic E-state index is 0.200. The number of carbonyl (C=O) groups excluding carboxylic acids is 1. The number of amides is 1. The molecule has 2 N–H and O–H groups in total. The zero-order valence-electron chi connectivity index (χ0n) is 12.7. The molecule has 20 heavy (non-hydrogen) atoms. The van der Waals surface area contributed by atoms with Gasteiger partial charge in [-0.25, -0.2) is 0 Å². The Hall–Kier alpha value is -0.260. The SMILES string of the molecule is CSC1(CNC(=O)CN2CCCNCC2)CCCCC1. The molecule has 0 aromatic rings. The van der Waals surface area contributed by atoms with Crippen molar-refractivity contribution in [3.8, 4) is 0 Å². The maximum absolute atomic E-state index is 12.1. The van der Waals surface area contributed by atoms with Gasteiger partial charge in [0.2, 0.25) is 5.91 Å². The highest BCUT2D eigenvalue weighted by Crippen LogP contribution is 2.37. The second kappa shape index (κ2) is 8.25. The van der Waals surface area contributed by atoms with Gasteiger partial charge in [-0.2, -0.15) is 11.8 Å². The average molecular weight is 299 g/mol. The molecule has 0 aromatic carbocycles. The summed E-state index contributed by atoms with van der Waals surface area (Å²) < 4.78 is 0.300. The molecule has 4 nitrogen and oxygen atoms in total. The third kappa shape index (κ3) is 4.93. The standard InChI is InChI=1S/C15H29N3OS/c1-20-15(6-3-2-4-7-15)13-17-14(19)12-18-10-5-8-16-9-11-18/h16H,2-13H2,1H3,(H,17,19). The van der Waals surface area contributed by atoms with E-state index < -0.39 is 0 Å². The Bertz CT molecular complexity index is 297. The molecule has 5 heteroatoms. The maximum atomic E-state index is 12.1. The van der Waals surface area contributed by atoms with Gasteiger partial charge in [-0.3, -0.25) is 9.69 Å². The van der Waals surface area contributed by atoms with Crippen molar-refractivity contribution in [2.75, 3.05) is 45.5 Å². The van der Waals surface area contributed by atoms with Crippen molar-refractivity contribution in [2.24, 2.45) is 0 Å².